The Morgan fingerprint density at radius 3 is 2.22 bits per heavy atom. The lowest BCUT2D eigenvalue weighted by atomic mass is 9.82. The summed E-state index contributed by atoms with van der Waals surface area (Å²) in [5.74, 6) is 0.664. The van der Waals surface area contributed by atoms with Crippen molar-refractivity contribution in [2.24, 2.45) is 0 Å². The fraction of sp³-hybridized carbons (Fsp3) is 0.143. The van der Waals surface area contributed by atoms with Gasteiger partial charge in [-0.25, -0.2) is 0 Å². The number of furan rings is 1. The van der Waals surface area contributed by atoms with Crippen LogP contribution < -0.4 is 15.4 Å². The van der Waals surface area contributed by atoms with E-state index in [-0.39, 0.29) is 5.92 Å². The van der Waals surface area contributed by atoms with E-state index < -0.39 is 0 Å². The first kappa shape index (κ1) is 43.7. The van der Waals surface area contributed by atoms with Gasteiger partial charge in [-0.1, -0.05) is 169 Å². The van der Waals surface area contributed by atoms with E-state index in [9.17, 15) is 10.5 Å². The largest absolute Gasteiger partial charge is 0.464 e. The molecule has 1 aliphatic carbocycles. The molecule has 1 atom stereocenters. The van der Waals surface area contributed by atoms with Crippen molar-refractivity contribution in [1.29, 1.82) is 10.5 Å². The number of para-hydroxylation sites is 2. The quantitative estimate of drug-likeness (QED) is 0.102. The van der Waals surface area contributed by atoms with E-state index in [0.717, 1.165) is 82.8 Å². The molecule has 5 aromatic carbocycles. The Morgan fingerprint density at radius 1 is 0.767 bits per heavy atom. The first-order valence-electron chi connectivity index (χ1n) is 20.5. The number of hydrogen-bond acceptors (Lipinski definition) is 4. The highest BCUT2D eigenvalue weighted by Gasteiger charge is 2.21. The van der Waals surface area contributed by atoms with Crippen LogP contribution in [0.1, 0.15) is 87.3 Å². The molecule has 60 heavy (non-hydrogen) atoms. The summed E-state index contributed by atoms with van der Waals surface area (Å²) in [6.45, 7) is 24.0. The van der Waals surface area contributed by atoms with Crippen LogP contribution in [0.25, 0.3) is 56.0 Å². The van der Waals surface area contributed by atoms with Crippen LogP contribution in [0.2, 0.25) is 0 Å². The second kappa shape index (κ2) is 20.9. The van der Waals surface area contributed by atoms with Gasteiger partial charge in [0.2, 0.25) is 0 Å². The van der Waals surface area contributed by atoms with E-state index in [1.54, 1.807) is 18.4 Å². The highest BCUT2D eigenvalue weighted by molar-refractivity contribution is 5.86. The van der Waals surface area contributed by atoms with Crippen LogP contribution in [0.4, 0.5) is 0 Å². The van der Waals surface area contributed by atoms with Crippen molar-refractivity contribution in [3.05, 3.63) is 210 Å². The summed E-state index contributed by atoms with van der Waals surface area (Å²) in [7, 11) is 0. The molecule has 0 fully saturated rings. The smallest absolute Gasteiger partial charge is 0.142 e. The Hall–Kier alpha value is -7.40. The van der Waals surface area contributed by atoms with Gasteiger partial charge in [0.05, 0.1) is 29.5 Å². The summed E-state index contributed by atoms with van der Waals surface area (Å²) in [6.07, 6.45) is 16.1. The van der Waals surface area contributed by atoms with Crippen molar-refractivity contribution in [2.45, 2.75) is 53.9 Å². The number of rotatable bonds is 10. The summed E-state index contributed by atoms with van der Waals surface area (Å²) in [5, 5.41) is 22.8. The summed E-state index contributed by atoms with van der Waals surface area (Å²) in [4.78, 5) is 0. The lowest BCUT2D eigenvalue weighted by molar-refractivity contribution is 0.481. The van der Waals surface area contributed by atoms with Crippen molar-refractivity contribution < 1.29 is 9.15 Å². The van der Waals surface area contributed by atoms with Gasteiger partial charge in [0.1, 0.15) is 16.7 Å². The van der Waals surface area contributed by atoms with Gasteiger partial charge < -0.3 is 9.15 Å². The summed E-state index contributed by atoms with van der Waals surface area (Å²) >= 11 is 0. The lowest BCUT2D eigenvalue weighted by Crippen LogP contribution is -2.22. The predicted octanol–water partition coefficient (Wildman–Crippen LogP) is 14.0. The van der Waals surface area contributed by atoms with E-state index in [0.29, 0.717) is 23.3 Å². The van der Waals surface area contributed by atoms with Gasteiger partial charge >= 0.3 is 0 Å². The average molecular weight is 785 g/mol. The molecule has 1 aromatic heterocycles. The fourth-order valence-corrected chi connectivity index (χ4v) is 7.48. The lowest BCUT2D eigenvalue weighted by Gasteiger charge is -2.22. The zero-order valence-corrected chi connectivity index (χ0v) is 35.6. The molecule has 0 bridgehead atoms. The fourth-order valence-electron chi connectivity index (χ4n) is 7.48. The van der Waals surface area contributed by atoms with Crippen molar-refractivity contribution in [1.82, 2.24) is 0 Å². The van der Waals surface area contributed by atoms with E-state index in [4.69, 9.17) is 9.15 Å². The highest BCUT2D eigenvalue weighted by atomic mass is 16.5. The number of allylic oxidation sites excluding steroid dienone is 8. The summed E-state index contributed by atoms with van der Waals surface area (Å²) < 4.78 is 12.4. The molecule has 0 saturated carbocycles. The predicted molar refractivity (Wildman–Crippen MR) is 253 cm³/mol. The number of ether oxygens (including phenoxy) is 1. The molecule has 0 radical (unpaired) electrons. The molecule has 0 amide bonds. The Balaban J connectivity index is 0.00000166. The van der Waals surface area contributed by atoms with E-state index in [1.807, 2.05) is 126 Å². The molecular formula is C56H52N2O2. The highest BCUT2D eigenvalue weighted by Crippen LogP contribution is 2.41. The van der Waals surface area contributed by atoms with Crippen LogP contribution in [0, 0.1) is 22.7 Å². The van der Waals surface area contributed by atoms with Crippen LogP contribution in [-0.2, 0) is 0 Å². The Kier molecular flexibility index (Phi) is 15.2. The third-order valence-electron chi connectivity index (χ3n) is 10.3. The van der Waals surface area contributed by atoms with Crippen LogP contribution in [0.3, 0.4) is 0 Å². The van der Waals surface area contributed by atoms with Crippen molar-refractivity contribution in [3.8, 4) is 40.1 Å². The molecule has 0 aliphatic heterocycles. The standard InChI is InChI=1S/C52H40N2O2.2C2H6/c1-6-27-55-51-45(34(5)7-2)20-14-21-48(51)40-24-26-47(42(31-40)33-54)38-18-13-16-36(29-38)35-15-12-17-37(28-35)46-25-23-39(30-41(46)32-53)43(8-3)52-44(9-4)49-19-10-11-22-50(49)56-52;2*1-2/h6-28,30-31,38H,2-3,5,29H2,1,4H3;2*1-2H3/b27-6-,44-9-,52-43-;;. The maximum absolute atomic E-state index is 10.4. The minimum Gasteiger partial charge on any atom is -0.464 e. The zero-order valence-electron chi connectivity index (χ0n) is 35.6. The SMILES string of the molecule is C=CC(=C)c1cccc(-c2ccc(C3C=CC=C(c4cccc(-c5ccc(/C(C=C)=c6\oc7ccccc7\c6=C\C)cc5C#N)c4)C3)c(C#N)c2)c1O/C=C\C.CC.CC. The van der Waals surface area contributed by atoms with E-state index in [2.05, 4.69) is 80.4 Å². The van der Waals surface area contributed by atoms with Crippen molar-refractivity contribution in [2.75, 3.05) is 0 Å². The van der Waals surface area contributed by atoms with E-state index >= 15 is 0 Å². The third-order valence-corrected chi connectivity index (χ3v) is 10.3. The second-order valence-electron chi connectivity index (χ2n) is 13.5. The van der Waals surface area contributed by atoms with Gasteiger partial charge in [-0.05, 0) is 89.1 Å². The molecule has 0 saturated heterocycles. The first-order valence-corrected chi connectivity index (χ1v) is 20.5. The number of hydrogen-bond donors (Lipinski definition) is 0. The molecule has 0 spiro atoms. The molecule has 4 heteroatoms. The monoisotopic (exact) mass is 784 g/mol. The number of nitrogens with zero attached hydrogens (tertiary/aromatic N) is 2. The minimum absolute atomic E-state index is 0.00157. The first-order chi connectivity index (χ1) is 29.4. The molecular weight excluding hydrogens is 733 g/mol. The number of nitriles is 2. The maximum atomic E-state index is 10.4. The molecule has 298 valence electrons. The van der Waals surface area contributed by atoms with Crippen molar-refractivity contribution in [3.63, 3.8) is 0 Å². The van der Waals surface area contributed by atoms with E-state index in [1.165, 1.54) is 0 Å². The minimum atomic E-state index is -0.00157. The summed E-state index contributed by atoms with van der Waals surface area (Å²) in [5.41, 5.74) is 12.7. The third kappa shape index (κ3) is 9.00. The zero-order chi connectivity index (χ0) is 43.2. The number of fused-ring (bicyclic) bond motifs is 1. The molecule has 1 unspecified atom stereocenters. The van der Waals surface area contributed by atoms with Crippen molar-refractivity contribution >= 4 is 33.8 Å². The molecule has 0 N–H and O–H groups in total. The van der Waals surface area contributed by atoms with Crippen LogP contribution in [0.5, 0.6) is 5.75 Å². The van der Waals surface area contributed by atoms with Crippen LogP contribution in [-0.4, -0.2) is 0 Å². The molecule has 4 nitrogen and oxygen atoms in total. The Labute approximate surface area is 355 Å². The Morgan fingerprint density at radius 2 is 1.50 bits per heavy atom. The van der Waals surface area contributed by atoms with Crippen LogP contribution >= 0.6 is 0 Å². The Bertz CT molecular complexity index is 2860. The van der Waals surface area contributed by atoms with Gasteiger partial charge in [0, 0.05) is 33.2 Å². The summed E-state index contributed by atoms with van der Waals surface area (Å²) in [6, 6.07) is 39.1. The van der Waals surface area contributed by atoms with Gasteiger partial charge in [-0.15, -0.1) is 0 Å². The van der Waals surface area contributed by atoms with Gasteiger partial charge in [-0.2, -0.15) is 10.5 Å². The topological polar surface area (TPSA) is 70.0 Å². The molecule has 1 aliphatic rings. The molecule has 6 aromatic rings. The molecule has 7 rings (SSSR count). The maximum Gasteiger partial charge on any atom is 0.142 e. The number of benzene rings is 5. The van der Waals surface area contributed by atoms with Gasteiger partial charge in [0.25, 0.3) is 0 Å². The second-order valence-corrected chi connectivity index (χ2v) is 13.5. The van der Waals surface area contributed by atoms with Gasteiger partial charge in [0.15, 0.2) is 0 Å². The average Bonchev–Trinajstić information content (AvgIpc) is 3.70. The molecule has 1 heterocycles. The van der Waals surface area contributed by atoms with Crippen LogP contribution in [0.15, 0.2) is 170 Å². The normalized spacial score (nSPS) is 13.8. The van der Waals surface area contributed by atoms with Gasteiger partial charge in [-0.3, -0.25) is 0 Å².